The lowest BCUT2D eigenvalue weighted by Crippen LogP contribution is -2.32. The van der Waals surface area contributed by atoms with Crippen molar-refractivity contribution in [3.63, 3.8) is 0 Å². The Morgan fingerprint density at radius 2 is 2.00 bits per heavy atom. The minimum absolute atomic E-state index is 0.825. The third-order valence-corrected chi connectivity index (χ3v) is 3.93. The van der Waals surface area contributed by atoms with Gasteiger partial charge in [0, 0.05) is 16.7 Å². The summed E-state index contributed by atoms with van der Waals surface area (Å²) in [5.74, 6) is 0.825. The first kappa shape index (κ1) is 12.9. The Kier molecular flexibility index (Phi) is 4.46. The van der Waals surface area contributed by atoms with E-state index in [4.69, 9.17) is 0 Å². The molecule has 1 heterocycles. The van der Waals surface area contributed by atoms with Crippen LogP contribution in [0.25, 0.3) is 0 Å². The van der Waals surface area contributed by atoms with Crippen LogP contribution in [-0.2, 0) is 0 Å². The summed E-state index contributed by atoms with van der Waals surface area (Å²) in [5.41, 5.74) is 2.53. The lowest BCUT2D eigenvalue weighted by atomic mass is 9.97. The fourth-order valence-corrected chi connectivity index (χ4v) is 2.97. The standard InChI is InChI=1S/C14H21BrN2/c1-11-7-13(15)9-14(8-11)16-10-12-3-5-17(2)6-4-12/h7-9,12,16H,3-6,10H2,1-2H3. The van der Waals surface area contributed by atoms with Gasteiger partial charge in [0.05, 0.1) is 0 Å². The predicted molar refractivity (Wildman–Crippen MR) is 77.6 cm³/mol. The van der Waals surface area contributed by atoms with Gasteiger partial charge in [-0.2, -0.15) is 0 Å². The zero-order valence-electron chi connectivity index (χ0n) is 10.7. The van der Waals surface area contributed by atoms with Gasteiger partial charge in [-0.3, -0.25) is 0 Å². The minimum Gasteiger partial charge on any atom is -0.385 e. The number of nitrogens with one attached hydrogen (secondary N) is 1. The van der Waals surface area contributed by atoms with Crippen LogP contribution in [0.5, 0.6) is 0 Å². The number of hydrogen-bond acceptors (Lipinski definition) is 2. The van der Waals surface area contributed by atoms with E-state index in [1.165, 1.54) is 37.2 Å². The summed E-state index contributed by atoms with van der Waals surface area (Å²) in [6.45, 7) is 5.71. The van der Waals surface area contributed by atoms with Crippen LogP contribution in [0, 0.1) is 12.8 Å². The number of aryl methyl sites for hydroxylation is 1. The maximum Gasteiger partial charge on any atom is 0.0354 e. The molecule has 94 valence electrons. The van der Waals surface area contributed by atoms with Crippen LogP contribution in [0.15, 0.2) is 22.7 Å². The molecule has 0 atom stereocenters. The molecule has 1 aromatic carbocycles. The molecule has 0 radical (unpaired) electrons. The second kappa shape index (κ2) is 5.87. The molecule has 0 amide bonds. The van der Waals surface area contributed by atoms with Crippen molar-refractivity contribution in [1.29, 1.82) is 0 Å². The fourth-order valence-electron chi connectivity index (χ4n) is 2.37. The van der Waals surface area contributed by atoms with Crippen LogP contribution in [0.1, 0.15) is 18.4 Å². The maximum absolute atomic E-state index is 3.56. The van der Waals surface area contributed by atoms with Crippen LogP contribution in [0.3, 0.4) is 0 Å². The minimum atomic E-state index is 0.825. The van der Waals surface area contributed by atoms with Crippen LogP contribution >= 0.6 is 15.9 Å². The average molecular weight is 297 g/mol. The van der Waals surface area contributed by atoms with E-state index >= 15 is 0 Å². The summed E-state index contributed by atoms with van der Waals surface area (Å²) in [7, 11) is 2.21. The monoisotopic (exact) mass is 296 g/mol. The Morgan fingerprint density at radius 3 is 2.65 bits per heavy atom. The molecule has 0 bridgehead atoms. The number of halogens is 1. The Morgan fingerprint density at radius 1 is 1.29 bits per heavy atom. The van der Waals surface area contributed by atoms with Crippen LogP contribution in [-0.4, -0.2) is 31.6 Å². The van der Waals surface area contributed by atoms with Gasteiger partial charge in [0.1, 0.15) is 0 Å². The number of benzene rings is 1. The third kappa shape index (κ3) is 4.00. The summed E-state index contributed by atoms with van der Waals surface area (Å²) in [6.07, 6.45) is 2.63. The lowest BCUT2D eigenvalue weighted by molar-refractivity contribution is 0.226. The highest BCUT2D eigenvalue weighted by molar-refractivity contribution is 9.10. The number of piperidine rings is 1. The first-order valence-corrected chi connectivity index (χ1v) is 7.12. The van der Waals surface area contributed by atoms with E-state index in [2.05, 4.69) is 58.3 Å². The van der Waals surface area contributed by atoms with Gasteiger partial charge in [-0.05, 0) is 69.6 Å². The zero-order chi connectivity index (χ0) is 12.3. The number of likely N-dealkylation sites (tertiary alicyclic amines) is 1. The number of anilines is 1. The first-order chi connectivity index (χ1) is 8.13. The molecule has 0 aromatic heterocycles. The van der Waals surface area contributed by atoms with Gasteiger partial charge in [-0.25, -0.2) is 0 Å². The molecular weight excluding hydrogens is 276 g/mol. The van der Waals surface area contributed by atoms with Gasteiger partial charge >= 0.3 is 0 Å². The maximum atomic E-state index is 3.56. The highest BCUT2D eigenvalue weighted by Gasteiger charge is 2.16. The molecule has 2 rings (SSSR count). The predicted octanol–water partition coefficient (Wildman–Crippen LogP) is 3.51. The van der Waals surface area contributed by atoms with Gasteiger partial charge < -0.3 is 10.2 Å². The highest BCUT2D eigenvalue weighted by Crippen LogP contribution is 2.21. The van der Waals surface area contributed by atoms with Crippen molar-refractivity contribution >= 4 is 21.6 Å². The average Bonchev–Trinajstić information content (AvgIpc) is 2.27. The molecular formula is C14H21BrN2. The Balaban J connectivity index is 1.85. The van der Waals surface area contributed by atoms with Crippen molar-refractivity contribution in [2.75, 3.05) is 32.0 Å². The summed E-state index contributed by atoms with van der Waals surface area (Å²) in [6, 6.07) is 6.50. The largest absolute Gasteiger partial charge is 0.385 e. The number of hydrogen-bond donors (Lipinski definition) is 1. The molecule has 1 aliphatic heterocycles. The summed E-state index contributed by atoms with van der Waals surface area (Å²) in [5, 5.41) is 3.56. The van der Waals surface area contributed by atoms with E-state index < -0.39 is 0 Å². The van der Waals surface area contributed by atoms with E-state index in [9.17, 15) is 0 Å². The molecule has 0 aliphatic carbocycles. The Bertz CT molecular complexity index is 350. The van der Waals surface area contributed by atoms with Gasteiger partial charge in [0.2, 0.25) is 0 Å². The van der Waals surface area contributed by atoms with Crippen LogP contribution < -0.4 is 5.32 Å². The van der Waals surface area contributed by atoms with E-state index in [-0.39, 0.29) is 0 Å². The SMILES string of the molecule is Cc1cc(Br)cc(NCC2CCN(C)CC2)c1. The van der Waals surface area contributed by atoms with Crippen molar-refractivity contribution in [2.45, 2.75) is 19.8 Å². The third-order valence-electron chi connectivity index (χ3n) is 3.48. The molecule has 2 nitrogen and oxygen atoms in total. The summed E-state index contributed by atoms with van der Waals surface area (Å²) >= 11 is 3.54. The van der Waals surface area contributed by atoms with Crippen molar-refractivity contribution in [3.8, 4) is 0 Å². The normalized spacial score (nSPS) is 18.3. The van der Waals surface area contributed by atoms with Gasteiger partial charge in [0.15, 0.2) is 0 Å². The molecule has 1 N–H and O–H groups in total. The smallest absolute Gasteiger partial charge is 0.0354 e. The summed E-state index contributed by atoms with van der Waals surface area (Å²) < 4.78 is 1.16. The van der Waals surface area contributed by atoms with Crippen molar-refractivity contribution in [2.24, 2.45) is 5.92 Å². The quantitative estimate of drug-likeness (QED) is 0.918. The first-order valence-electron chi connectivity index (χ1n) is 6.33. The molecule has 1 aromatic rings. The molecule has 0 saturated carbocycles. The Hall–Kier alpha value is -0.540. The second-order valence-electron chi connectivity index (χ2n) is 5.14. The Labute approximate surface area is 113 Å². The van der Waals surface area contributed by atoms with Gasteiger partial charge in [-0.15, -0.1) is 0 Å². The molecule has 0 spiro atoms. The molecule has 17 heavy (non-hydrogen) atoms. The number of rotatable bonds is 3. The van der Waals surface area contributed by atoms with Crippen molar-refractivity contribution < 1.29 is 0 Å². The van der Waals surface area contributed by atoms with Crippen LogP contribution in [0.4, 0.5) is 5.69 Å². The molecule has 1 fully saturated rings. The van der Waals surface area contributed by atoms with E-state index in [0.717, 1.165) is 16.9 Å². The van der Waals surface area contributed by atoms with E-state index in [1.54, 1.807) is 0 Å². The van der Waals surface area contributed by atoms with Gasteiger partial charge in [0.25, 0.3) is 0 Å². The highest BCUT2D eigenvalue weighted by atomic mass is 79.9. The number of nitrogens with zero attached hydrogens (tertiary/aromatic N) is 1. The molecule has 1 saturated heterocycles. The van der Waals surface area contributed by atoms with Crippen LogP contribution in [0.2, 0.25) is 0 Å². The fraction of sp³-hybridized carbons (Fsp3) is 0.571. The van der Waals surface area contributed by atoms with Crippen molar-refractivity contribution in [1.82, 2.24) is 4.90 Å². The van der Waals surface area contributed by atoms with E-state index in [1.807, 2.05) is 0 Å². The topological polar surface area (TPSA) is 15.3 Å². The second-order valence-corrected chi connectivity index (χ2v) is 6.06. The molecule has 3 heteroatoms. The molecule has 1 aliphatic rings. The van der Waals surface area contributed by atoms with E-state index in [0.29, 0.717) is 0 Å². The van der Waals surface area contributed by atoms with Gasteiger partial charge in [-0.1, -0.05) is 15.9 Å². The summed E-state index contributed by atoms with van der Waals surface area (Å²) in [4.78, 5) is 2.42. The lowest BCUT2D eigenvalue weighted by Gasteiger charge is -2.29. The van der Waals surface area contributed by atoms with Crippen molar-refractivity contribution in [3.05, 3.63) is 28.2 Å². The molecule has 0 unspecified atom stereocenters. The zero-order valence-corrected chi connectivity index (χ0v) is 12.3.